The predicted molar refractivity (Wildman–Crippen MR) is 70.2 cm³/mol. The Hall–Kier alpha value is -1.51. The van der Waals surface area contributed by atoms with Gasteiger partial charge in [-0.3, -0.25) is 4.79 Å². The van der Waals surface area contributed by atoms with E-state index < -0.39 is 0 Å². The van der Waals surface area contributed by atoms with Crippen molar-refractivity contribution in [1.82, 2.24) is 5.32 Å². The summed E-state index contributed by atoms with van der Waals surface area (Å²) in [5.41, 5.74) is 2.06. The van der Waals surface area contributed by atoms with Gasteiger partial charge >= 0.3 is 0 Å². The van der Waals surface area contributed by atoms with Crippen molar-refractivity contribution in [3.8, 4) is 0 Å². The first-order chi connectivity index (χ1) is 8.03. The molecule has 0 spiro atoms. The standard InChI is InChI=1S/C14H20N2O/c1-4-14(2,3)16-13(17)11-9-15-12-8-6-5-7-10(11)12/h5-8,11,15H,4,9H2,1-3H3,(H,16,17). The summed E-state index contributed by atoms with van der Waals surface area (Å²) in [6.07, 6.45) is 0.931. The van der Waals surface area contributed by atoms with Gasteiger partial charge in [0, 0.05) is 17.8 Å². The fourth-order valence-corrected chi connectivity index (χ4v) is 2.03. The molecule has 17 heavy (non-hydrogen) atoms. The molecule has 2 rings (SSSR count). The second-order valence-electron chi connectivity index (χ2n) is 5.25. The van der Waals surface area contributed by atoms with Crippen LogP contribution in [0.1, 0.15) is 38.7 Å². The number of hydrogen-bond donors (Lipinski definition) is 2. The number of amides is 1. The fraction of sp³-hybridized carbons (Fsp3) is 0.500. The summed E-state index contributed by atoms with van der Waals surface area (Å²) in [4.78, 5) is 12.2. The number of para-hydroxylation sites is 1. The van der Waals surface area contributed by atoms with Gasteiger partial charge in [-0.25, -0.2) is 0 Å². The van der Waals surface area contributed by atoms with Crippen molar-refractivity contribution in [2.45, 2.75) is 38.6 Å². The molecule has 0 saturated carbocycles. The highest BCUT2D eigenvalue weighted by Gasteiger charge is 2.30. The van der Waals surface area contributed by atoms with E-state index in [-0.39, 0.29) is 17.4 Å². The topological polar surface area (TPSA) is 41.1 Å². The second-order valence-corrected chi connectivity index (χ2v) is 5.25. The molecule has 1 aromatic carbocycles. The average Bonchev–Trinajstić information content (AvgIpc) is 2.72. The number of carbonyl (C=O) groups is 1. The molecule has 2 N–H and O–H groups in total. The number of carbonyl (C=O) groups excluding carboxylic acids is 1. The van der Waals surface area contributed by atoms with E-state index in [1.165, 1.54) is 0 Å². The van der Waals surface area contributed by atoms with Crippen molar-refractivity contribution in [2.24, 2.45) is 0 Å². The quantitative estimate of drug-likeness (QED) is 0.840. The minimum atomic E-state index is -0.130. The molecule has 0 bridgehead atoms. The minimum absolute atomic E-state index is 0.0583. The predicted octanol–water partition coefficient (Wildman–Crippen LogP) is 2.50. The van der Waals surface area contributed by atoms with Crippen molar-refractivity contribution in [3.05, 3.63) is 29.8 Å². The van der Waals surface area contributed by atoms with Gasteiger partial charge in [0.1, 0.15) is 0 Å². The third-order valence-electron chi connectivity index (χ3n) is 3.49. The molecule has 1 heterocycles. The Kier molecular flexibility index (Phi) is 3.09. The number of fused-ring (bicyclic) bond motifs is 1. The fourth-order valence-electron chi connectivity index (χ4n) is 2.03. The Bertz CT molecular complexity index is 426. The Morgan fingerprint density at radius 2 is 2.18 bits per heavy atom. The van der Waals surface area contributed by atoms with Crippen LogP contribution in [0, 0.1) is 0 Å². The van der Waals surface area contributed by atoms with Crippen LogP contribution in [0.4, 0.5) is 5.69 Å². The van der Waals surface area contributed by atoms with Crippen LogP contribution in [0.15, 0.2) is 24.3 Å². The van der Waals surface area contributed by atoms with Gasteiger partial charge in [-0.05, 0) is 31.9 Å². The van der Waals surface area contributed by atoms with Crippen molar-refractivity contribution in [2.75, 3.05) is 11.9 Å². The van der Waals surface area contributed by atoms with E-state index >= 15 is 0 Å². The average molecular weight is 232 g/mol. The molecule has 1 aliphatic rings. The molecule has 1 aromatic rings. The zero-order valence-electron chi connectivity index (χ0n) is 10.7. The summed E-state index contributed by atoms with van der Waals surface area (Å²) in [6.45, 7) is 6.89. The van der Waals surface area contributed by atoms with Crippen LogP contribution in [0.5, 0.6) is 0 Å². The van der Waals surface area contributed by atoms with E-state index in [1.54, 1.807) is 0 Å². The number of rotatable bonds is 3. The van der Waals surface area contributed by atoms with Crippen LogP contribution in [0.3, 0.4) is 0 Å². The number of nitrogens with one attached hydrogen (secondary N) is 2. The first-order valence-electron chi connectivity index (χ1n) is 6.18. The van der Waals surface area contributed by atoms with Gasteiger partial charge < -0.3 is 10.6 Å². The molecule has 3 heteroatoms. The normalized spacial score (nSPS) is 18.4. The lowest BCUT2D eigenvalue weighted by Crippen LogP contribution is -2.45. The maximum absolute atomic E-state index is 12.2. The molecule has 1 aliphatic heterocycles. The van der Waals surface area contributed by atoms with E-state index in [2.05, 4.69) is 31.4 Å². The van der Waals surface area contributed by atoms with E-state index in [0.717, 1.165) is 17.7 Å². The van der Waals surface area contributed by atoms with Crippen LogP contribution in [0.25, 0.3) is 0 Å². The van der Waals surface area contributed by atoms with Gasteiger partial charge in [-0.1, -0.05) is 25.1 Å². The second kappa shape index (κ2) is 4.40. The number of hydrogen-bond acceptors (Lipinski definition) is 2. The maximum Gasteiger partial charge on any atom is 0.229 e. The van der Waals surface area contributed by atoms with Crippen LogP contribution < -0.4 is 10.6 Å². The van der Waals surface area contributed by atoms with Crippen LogP contribution in [-0.4, -0.2) is 18.0 Å². The molecule has 1 unspecified atom stereocenters. The SMILES string of the molecule is CCC(C)(C)NC(=O)C1CNc2ccccc21. The molecular weight excluding hydrogens is 212 g/mol. The monoisotopic (exact) mass is 232 g/mol. The smallest absolute Gasteiger partial charge is 0.229 e. The first-order valence-corrected chi connectivity index (χ1v) is 6.18. The molecule has 1 atom stereocenters. The molecule has 0 saturated heterocycles. The van der Waals surface area contributed by atoms with E-state index in [0.29, 0.717) is 6.54 Å². The first kappa shape index (κ1) is 12.0. The third kappa shape index (κ3) is 2.43. The van der Waals surface area contributed by atoms with Crippen molar-refractivity contribution < 1.29 is 4.79 Å². The van der Waals surface area contributed by atoms with Gasteiger partial charge in [0.05, 0.1) is 5.92 Å². The summed E-state index contributed by atoms with van der Waals surface area (Å²) >= 11 is 0. The summed E-state index contributed by atoms with van der Waals surface area (Å²) < 4.78 is 0. The Morgan fingerprint density at radius 3 is 2.88 bits per heavy atom. The van der Waals surface area contributed by atoms with Gasteiger partial charge in [-0.15, -0.1) is 0 Å². The van der Waals surface area contributed by atoms with E-state index in [4.69, 9.17) is 0 Å². The van der Waals surface area contributed by atoms with Gasteiger partial charge in [0.25, 0.3) is 0 Å². The highest BCUT2D eigenvalue weighted by molar-refractivity contribution is 5.88. The molecular formula is C14H20N2O. The Balaban J connectivity index is 2.13. The maximum atomic E-state index is 12.2. The highest BCUT2D eigenvalue weighted by atomic mass is 16.2. The van der Waals surface area contributed by atoms with Gasteiger partial charge in [0.2, 0.25) is 5.91 Å². The largest absolute Gasteiger partial charge is 0.384 e. The third-order valence-corrected chi connectivity index (χ3v) is 3.49. The van der Waals surface area contributed by atoms with Gasteiger partial charge in [0.15, 0.2) is 0 Å². The lowest BCUT2D eigenvalue weighted by Gasteiger charge is -2.26. The summed E-state index contributed by atoms with van der Waals surface area (Å²) in [5, 5.41) is 6.38. The van der Waals surface area contributed by atoms with Gasteiger partial charge in [-0.2, -0.15) is 0 Å². The Morgan fingerprint density at radius 1 is 1.47 bits per heavy atom. The molecule has 0 radical (unpaired) electrons. The minimum Gasteiger partial charge on any atom is -0.384 e. The molecule has 92 valence electrons. The van der Waals surface area contributed by atoms with Crippen LogP contribution in [-0.2, 0) is 4.79 Å². The van der Waals surface area contributed by atoms with Crippen LogP contribution >= 0.6 is 0 Å². The van der Waals surface area contributed by atoms with Crippen molar-refractivity contribution >= 4 is 11.6 Å². The molecule has 0 aliphatic carbocycles. The summed E-state index contributed by atoms with van der Waals surface area (Å²) in [7, 11) is 0. The Labute approximate surface area is 103 Å². The molecule has 0 fully saturated rings. The molecule has 3 nitrogen and oxygen atoms in total. The zero-order chi connectivity index (χ0) is 12.5. The number of anilines is 1. The van der Waals surface area contributed by atoms with Crippen LogP contribution in [0.2, 0.25) is 0 Å². The van der Waals surface area contributed by atoms with Crippen molar-refractivity contribution in [3.63, 3.8) is 0 Å². The zero-order valence-corrected chi connectivity index (χ0v) is 10.7. The summed E-state index contributed by atoms with van der Waals surface area (Å²) in [6, 6.07) is 8.02. The number of benzene rings is 1. The highest BCUT2D eigenvalue weighted by Crippen LogP contribution is 2.31. The molecule has 1 amide bonds. The summed E-state index contributed by atoms with van der Waals surface area (Å²) in [5.74, 6) is 0.0614. The molecule has 0 aromatic heterocycles. The lowest BCUT2D eigenvalue weighted by molar-refractivity contribution is -0.123. The van der Waals surface area contributed by atoms with E-state index in [9.17, 15) is 4.79 Å². The van der Waals surface area contributed by atoms with E-state index in [1.807, 2.05) is 24.3 Å². The lowest BCUT2D eigenvalue weighted by atomic mass is 9.96. The van der Waals surface area contributed by atoms with Crippen molar-refractivity contribution in [1.29, 1.82) is 0 Å².